The summed E-state index contributed by atoms with van der Waals surface area (Å²) >= 11 is 0. The number of hydrogen-bond acceptors (Lipinski definition) is 3. The number of amides is 1. The van der Waals surface area contributed by atoms with Crippen LogP contribution in [-0.2, 0) is 9.53 Å². The monoisotopic (exact) mass is 258 g/mol. The fraction of sp³-hybridized carbons (Fsp3) is 0.417. The van der Waals surface area contributed by atoms with Crippen LogP contribution < -0.4 is 11.1 Å². The van der Waals surface area contributed by atoms with Gasteiger partial charge in [0.25, 0.3) is 0 Å². The van der Waals surface area contributed by atoms with E-state index < -0.39 is 23.1 Å². The van der Waals surface area contributed by atoms with Crippen LogP contribution in [0.3, 0.4) is 0 Å². The first-order valence-electron chi connectivity index (χ1n) is 5.34. The number of methoxy groups -OCH3 is 1. The maximum absolute atomic E-state index is 13.4. The maximum atomic E-state index is 13.4. The highest BCUT2D eigenvalue weighted by molar-refractivity contribution is 5.91. The molecule has 0 aliphatic carbocycles. The molecule has 0 aliphatic rings. The number of nitrogen functional groups attached to an aromatic ring is 1. The summed E-state index contributed by atoms with van der Waals surface area (Å²) in [5, 5.41) is 2.33. The third-order valence-corrected chi connectivity index (χ3v) is 2.50. The second-order valence-electron chi connectivity index (χ2n) is 4.54. The summed E-state index contributed by atoms with van der Waals surface area (Å²) in [4.78, 5) is 11.6. The molecule has 18 heavy (non-hydrogen) atoms. The van der Waals surface area contributed by atoms with Crippen molar-refractivity contribution in [2.24, 2.45) is 0 Å². The average Bonchev–Trinajstić information content (AvgIpc) is 2.25. The van der Waals surface area contributed by atoms with E-state index in [1.54, 1.807) is 13.8 Å². The van der Waals surface area contributed by atoms with Crippen LogP contribution in [0.2, 0.25) is 0 Å². The molecular weight excluding hydrogens is 242 g/mol. The molecule has 0 saturated heterocycles. The Morgan fingerprint density at radius 2 is 2.00 bits per heavy atom. The molecule has 0 aliphatic heterocycles. The zero-order valence-electron chi connectivity index (χ0n) is 10.5. The number of nitrogens with one attached hydrogen (secondary N) is 1. The molecule has 0 aromatic heterocycles. The van der Waals surface area contributed by atoms with Crippen LogP contribution in [0.1, 0.15) is 20.3 Å². The fourth-order valence-corrected chi connectivity index (χ4v) is 1.31. The summed E-state index contributed by atoms with van der Waals surface area (Å²) in [6.07, 6.45) is 0.0419. The number of rotatable bonds is 4. The molecule has 1 aromatic carbocycles. The maximum Gasteiger partial charge on any atom is 0.227 e. The van der Waals surface area contributed by atoms with Crippen molar-refractivity contribution in [1.29, 1.82) is 0 Å². The minimum absolute atomic E-state index is 0.0419. The Bertz CT molecular complexity index is 462. The van der Waals surface area contributed by atoms with E-state index in [0.717, 1.165) is 6.07 Å². The average molecular weight is 258 g/mol. The van der Waals surface area contributed by atoms with E-state index in [2.05, 4.69) is 5.32 Å². The molecule has 0 radical (unpaired) electrons. The molecule has 0 spiro atoms. The summed E-state index contributed by atoms with van der Waals surface area (Å²) in [7, 11) is 1.48. The normalized spacial score (nSPS) is 11.4. The molecule has 3 N–H and O–H groups in total. The molecule has 0 saturated carbocycles. The quantitative estimate of drug-likeness (QED) is 0.814. The second-order valence-corrected chi connectivity index (χ2v) is 4.54. The molecule has 0 fully saturated rings. The van der Waals surface area contributed by atoms with Crippen molar-refractivity contribution in [1.82, 2.24) is 0 Å². The van der Waals surface area contributed by atoms with Crippen LogP contribution in [0.4, 0.5) is 20.2 Å². The second kappa shape index (κ2) is 5.30. The summed E-state index contributed by atoms with van der Waals surface area (Å²) in [6.45, 7) is 3.45. The highest BCUT2D eigenvalue weighted by Crippen LogP contribution is 2.22. The number of benzene rings is 1. The highest BCUT2D eigenvalue weighted by atomic mass is 19.1. The van der Waals surface area contributed by atoms with Gasteiger partial charge in [0.1, 0.15) is 11.6 Å². The van der Waals surface area contributed by atoms with E-state index in [9.17, 15) is 13.6 Å². The van der Waals surface area contributed by atoms with E-state index in [1.165, 1.54) is 7.11 Å². The number of ether oxygens (including phenoxy) is 1. The van der Waals surface area contributed by atoms with Gasteiger partial charge < -0.3 is 15.8 Å². The minimum atomic E-state index is -0.870. The van der Waals surface area contributed by atoms with Crippen LogP contribution in [0.5, 0.6) is 0 Å². The van der Waals surface area contributed by atoms with Crippen molar-refractivity contribution in [3.8, 4) is 0 Å². The van der Waals surface area contributed by atoms with Crippen LogP contribution in [0.25, 0.3) is 0 Å². The lowest BCUT2D eigenvalue weighted by Gasteiger charge is -2.22. The third-order valence-electron chi connectivity index (χ3n) is 2.50. The van der Waals surface area contributed by atoms with Gasteiger partial charge in [-0.25, -0.2) is 8.78 Å². The van der Waals surface area contributed by atoms with E-state index in [1.807, 2.05) is 0 Å². The minimum Gasteiger partial charge on any atom is -0.396 e. The van der Waals surface area contributed by atoms with Crippen molar-refractivity contribution < 1.29 is 18.3 Å². The molecule has 0 atom stereocenters. The highest BCUT2D eigenvalue weighted by Gasteiger charge is 2.22. The number of carbonyl (C=O) groups excluding carboxylic acids is 1. The van der Waals surface area contributed by atoms with Gasteiger partial charge in [0.15, 0.2) is 0 Å². The van der Waals surface area contributed by atoms with Crippen molar-refractivity contribution in [2.45, 2.75) is 25.9 Å². The van der Waals surface area contributed by atoms with Gasteiger partial charge in [-0.3, -0.25) is 4.79 Å². The SMILES string of the molecule is COC(C)(C)CC(=O)Nc1cc(N)c(F)cc1F. The molecule has 100 valence electrons. The van der Waals surface area contributed by atoms with E-state index >= 15 is 0 Å². The number of hydrogen-bond donors (Lipinski definition) is 2. The standard InChI is InChI=1S/C12H16F2N2O2/c1-12(2,18-3)6-11(17)16-10-5-9(15)7(13)4-8(10)14/h4-5H,6,15H2,1-3H3,(H,16,17). The number of halogens is 2. The topological polar surface area (TPSA) is 64.3 Å². The molecule has 6 heteroatoms. The Labute approximate surface area is 104 Å². The van der Waals surface area contributed by atoms with E-state index in [-0.39, 0.29) is 17.8 Å². The van der Waals surface area contributed by atoms with Gasteiger partial charge in [-0.2, -0.15) is 0 Å². The molecular formula is C12H16F2N2O2. The van der Waals surface area contributed by atoms with Gasteiger partial charge in [0.2, 0.25) is 5.91 Å². The van der Waals surface area contributed by atoms with Gasteiger partial charge >= 0.3 is 0 Å². The van der Waals surface area contributed by atoms with Crippen LogP contribution in [0, 0.1) is 11.6 Å². The van der Waals surface area contributed by atoms with Crippen molar-refractivity contribution in [2.75, 3.05) is 18.2 Å². The summed E-state index contributed by atoms with van der Waals surface area (Å²) < 4.78 is 31.4. The molecule has 4 nitrogen and oxygen atoms in total. The summed E-state index contributed by atoms with van der Waals surface area (Å²) in [5.74, 6) is -2.17. The van der Waals surface area contributed by atoms with Gasteiger partial charge in [-0.1, -0.05) is 0 Å². The van der Waals surface area contributed by atoms with E-state index in [0.29, 0.717) is 6.07 Å². The first-order chi connectivity index (χ1) is 8.25. The fourth-order valence-electron chi connectivity index (χ4n) is 1.31. The third kappa shape index (κ3) is 3.66. The largest absolute Gasteiger partial charge is 0.396 e. The summed E-state index contributed by atoms with van der Waals surface area (Å²) in [6, 6.07) is 1.68. The Balaban J connectivity index is 2.80. The predicted octanol–water partition coefficient (Wildman–Crippen LogP) is 2.30. The van der Waals surface area contributed by atoms with Crippen LogP contribution >= 0.6 is 0 Å². The Hall–Kier alpha value is -1.69. The predicted molar refractivity (Wildman–Crippen MR) is 65.1 cm³/mol. The van der Waals surface area contributed by atoms with Crippen molar-refractivity contribution in [3.63, 3.8) is 0 Å². The van der Waals surface area contributed by atoms with Gasteiger partial charge in [0.05, 0.1) is 23.4 Å². The molecule has 0 bridgehead atoms. The van der Waals surface area contributed by atoms with E-state index in [4.69, 9.17) is 10.5 Å². The molecule has 1 rings (SSSR count). The zero-order valence-corrected chi connectivity index (χ0v) is 10.5. The molecule has 1 aromatic rings. The molecule has 0 heterocycles. The number of carbonyl (C=O) groups is 1. The molecule has 0 unspecified atom stereocenters. The number of anilines is 2. The zero-order chi connectivity index (χ0) is 13.9. The Morgan fingerprint density at radius 3 is 2.56 bits per heavy atom. The van der Waals surface area contributed by atoms with Crippen LogP contribution in [0.15, 0.2) is 12.1 Å². The first-order valence-corrected chi connectivity index (χ1v) is 5.34. The number of nitrogens with two attached hydrogens (primary N) is 1. The first kappa shape index (κ1) is 14.4. The lowest BCUT2D eigenvalue weighted by Crippen LogP contribution is -2.29. The lowest BCUT2D eigenvalue weighted by atomic mass is 10.0. The summed E-state index contributed by atoms with van der Waals surface area (Å²) in [5.41, 5.74) is 4.27. The van der Waals surface area contributed by atoms with Crippen LogP contribution in [-0.4, -0.2) is 18.6 Å². The Morgan fingerprint density at radius 1 is 1.39 bits per heavy atom. The van der Waals surface area contributed by atoms with Gasteiger partial charge in [-0.05, 0) is 19.9 Å². The smallest absolute Gasteiger partial charge is 0.227 e. The van der Waals surface area contributed by atoms with Gasteiger partial charge in [-0.15, -0.1) is 0 Å². The van der Waals surface area contributed by atoms with Crippen molar-refractivity contribution >= 4 is 17.3 Å². The van der Waals surface area contributed by atoms with Crippen molar-refractivity contribution in [3.05, 3.63) is 23.8 Å². The molecule has 1 amide bonds. The lowest BCUT2D eigenvalue weighted by molar-refractivity contribution is -0.121. The van der Waals surface area contributed by atoms with Gasteiger partial charge in [0, 0.05) is 13.2 Å². The Kier molecular flexibility index (Phi) is 4.24.